The molecule has 6 rings (SSSR count). The summed E-state index contributed by atoms with van der Waals surface area (Å²) >= 11 is 6.37. The minimum Gasteiger partial charge on any atom is -0.356 e. The van der Waals surface area contributed by atoms with Crippen LogP contribution in [-0.4, -0.2) is 54.4 Å². The van der Waals surface area contributed by atoms with Crippen LogP contribution in [0.5, 0.6) is 0 Å². The smallest absolute Gasteiger partial charge is 0.258 e. The molecule has 0 aromatic carbocycles. The van der Waals surface area contributed by atoms with Crippen molar-refractivity contribution in [2.24, 2.45) is 18.9 Å². The molecule has 0 spiro atoms. The van der Waals surface area contributed by atoms with Crippen molar-refractivity contribution in [2.45, 2.75) is 37.8 Å². The van der Waals surface area contributed by atoms with Gasteiger partial charge in [-0.05, 0) is 18.9 Å². The molecule has 3 aromatic heterocycles. The second-order valence-electron chi connectivity index (χ2n) is 9.34. The number of carbonyl (C=O) groups excluding carboxylic acids is 1. The van der Waals surface area contributed by atoms with E-state index < -0.39 is 17.8 Å². The number of amides is 1. The van der Waals surface area contributed by atoms with Crippen LogP contribution >= 0.6 is 11.6 Å². The Labute approximate surface area is 199 Å². The fourth-order valence-corrected chi connectivity index (χ4v) is 5.36. The van der Waals surface area contributed by atoms with Crippen molar-refractivity contribution in [3.8, 4) is 0 Å². The van der Waals surface area contributed by atoms with Crippen LogP contribution in [0.3, 0.4) is 0 Å². The molecule has 1 saturated carbocycles. The predicted molar refractivity (Wildman–Crippen MR) is 119 cm³/mol. The van der Waals surface area contributed by atoms with E-state index in [1.807, 2.05) is 22.6 Å². The van der Waals surface area contributed by atoms with Gasteiger partial charge in [0.15, 0.2) is 0 Å². The lowest BCUT2D eigenvalue weighted by atomic mass is 10.2. The van der Waals surface area contributed by atoms with Crippen LogP contribution in [0.1, 0.15) is 35.1 Å². The number of nitrogens with one attached hydrogen (secondary N) is 1. The van der Waals surface area contributed by atoms with Crippen molar-refractivity contribution in [2.75, 3.05) is 18.0 Å². The van der Waals surface area contributed by atoms with E-state index in [0.717, 1.165) is 29.8 Å². The average molecular weight is 489 g/mol. The summed E-state index contributed by atoms with van der Waals surface area (Å²) in [5, 5.41) is 11.5. The van der Waals surface area contributed by atoms with Crippen molar-refractivity contribution < 1.29 is 13.6 Å². The molecule has 178 valence electrons. The lowest BCUT2D eigenvalue weighted by Gasteiger charge is -2.21. The van der Waals surface area contributed by atoms with E-state index in [9.17, 15) is 13.6 Å². The number of rotatable bonds is 6. The summed E-state index contributed by atoms with van der Waals surface area (Å²) in [5.74, 6) is -3.19. The first-order chi connectivity index (χ1) is 16.3. The van der Waals surface area contributed by atoms with Crippen LogP contribution < -0.4 is 10.2 Å². The third-order valence-corrected chi connectivity index (χ3v) is 7.45. The third kappa shape index (κ3) is 3.62. The van der Waals surface area contributed by atoms with Gasteiger partial charge < -0.3 is 14.8 Å². The maximum atomic E-state index is 13.4. The second-order valence-corrected chi connectivity index (χ2v) is 9.70. The molecule has 12 heteroatoms. The summed E-state index contributed by atoms with van der Waals surface area (Å²) in [4.78, 5) is 23.2. The molecular formula is C22H23ClF2N8O. The van der Waals surface area contributed by atoms with Gasteiger partial charge in [0.25, 0.3) is 5.92 Å². The number of nitrogens with zero attached hydrogens (tertiary/aromatic N) is 7. The highest BCUT2D eigenvalue weighted by molar-refractivity contribution is 6.30. The largest absolute Gasteiger partial charge is 0.356 e. The lowest BCUT2D eigenvalue weighted by molar-refractivity contribution is -0.121. The van der Waals surface area contributed by atoms with Gasteiger partial charge in [-0.2, -0.15) is 0 Å². The van der Waals surface area contributed by atoms with Gasteiger partial charge >= 0.3 is 0 Å². The van der Waals surface area contributed by atoms with E-state index in [-0.39, 0.29) is 18.4 Å². The molecule has 2 aliphatic carbocycles. The molecule has 0 radical (unpaired) electrons. The molecule has 0 bridgehead atoms. The molecule has 2 fully saturated rings. The van der Waals surface area contributed by atoms with Gasteiger partial charge in [-0.3, -0.25) is 4.79 Å². The van der Waals surface area contributed by atoms with Gasteiger partial charge in [0.1, 0.15) is 11.0 Å². The average Bonchev–Trinajstić information content (AvgIpc) is 3.41. The standard InChI is InChI=1S/C22H23ClF2N8O/c1-31-11-26-20-16(3-4-17(20)31)27-19(34)6-13-8-33(30-29-13)7-12-2-5-18(28-21(12)23)32-9-14-15(10-32)22(14,24)25/h2,5,8,11,14-16H,3-4,6-7,9-10H2,1H3,(H,27,34)/t14?,15?,16-/m1/s1. The first kappa shape index (κ1) is 21.5. The van der Waals surface area contributed by atoms with Gasteiger partial charge in [-0.15, -0.1) is 5.10 Å². The monoisotopic (exact) mass is 488 g/mol. The van der Waals surface area contributed by atoms with Gasteiger partial charge in [0.05, 0.1) is 48.6 Å². The number of alkyl halides is 2. The second kappa shape index (κ2) is 7.72. The molecular weight excluding hydrogens is 466 g/mol. The Hall–Kier alpha value is -3.08. The van der Waals surface area contributed by atoms with Crippen molar-refractivity contribution in [3.05, 3.63) is 52.5 Å². The molecule has 1 N–H and O–H groups in total. The summed E-state index contributed by atoms with van der Waals surface area (Å²) in [6.45, 7) is 0.943. The molecule has 1 amide bonds. The summed E-state index contributed by atoms with van der Waals surface area (Å²) in [6, 6.07) is 3.55. The molecule has 1 aliphatic heterocycles. The highest BCUT2D eigenvalue weighted by Crippen LogP contribution is 2.59. The van der Waals surface area contributed by atoms with Crippen molar-refractivity contribution in [1.82, 2.24) is 34.8 Å². The van der Waals surface area contributed by atoms with Crippen LogP contribution in [0, 0.1) is 11.8 Å². The molecule has 4 heterocycles. The van der Waals surface area contributed by atoms with Gasteiger partial charge in [-0.1, -0.05) is 22.9 Å². The maximum Gasteiger partial charge on any atom is 0.258 e. The van der Waals surface area contributed by atoms with Crippen LogP contribution in [0.25, 0.3) is 0 Å². The molecule has 9 nitrogen and oxygen atoms in total. The first-order valence-electron chi connectivity index (χ1n) is 11.3. The van der Waals surface area contributed by atoms with E-state index >= 15 is 0 Å². The number of halogens is 3. The number of aromatic nitrogens is 6. The Morgan fingerprint density at radius 2 is 2.09 bits per heavy atom. The zero-order valence-electron chi connectivity index (χ0n) is 18.5. The lowest BCUT2D eigenvalue weighted by Crippen LogP contribution is -2.28. The highest BCUT2D eigenvalue weighted by atomic mass is 35.5. The third-order valence-electron chi connectivity index (χ3n) is 7.12. The normalized spacial score (nSPS) is 24.2. The number of fused-ring (bicyclic) bond motifs is 2. The van der Waals surface area contributed by atoms with E-state index in [4.69, 9.17) is 11.6 Å². The molecule has 3 aliphatic rings. The predicted octanol–water partition coefficient (Wildman–Crippen LogP) is 2.16. The molecule has 3 atom stereocenters. The quantitative estimate of drug-likeness (QED) is 0.534. The molecule has 2 unspecified atom stereocenters. The van der Waals surface area contributed by atoms with E-state index in [2.05, 4.69) is 25.6 Å². The van der Waals surface area contributed by atoms with Gasteiger partial charge in [0, 0.05) is 37.6 Å². The Kier molecular flexibility index (Phi) is 4.87. The summed E-state index contributed by atoms with van der Waals surface area (Å²) in [7, 11) is 1.96. The summed E-state index contributed by atoms with van der Waals surface area (Å²) in [5.41, 5.74) is 3.38. The Morgan fingerprint density at radius 3 is 2.85 bits per heavy atom. The maximum absolute atomic E-state index is 13.4. The number of anilines is 1. The zero-order chi connectivity index (χ0) is 23.6. The number of hydrogen-bond donors (Lipinski definition) is 1. The number of aryl methyl sites for hydroxylation is 1. The van der Waals surface area contributed by atoms with E-state index in [1.54, 1.807) is 23.3 Å². The Bertz CT molecular complexity index is 1260. The molecule has 34 heavy (non-hydrogen) atoms. The van der Waals surface area contributed by atoms with Crippen LogP contribution in [0.2, 0.25) is 5.15 Å². The van der Waals surface area contributed by atoms with Crippen molar-refractivity contribution >= 4 is 23.3 Å². The number of carbonyl (C=O) groups is 1. The minimum atomic E-state index is -2.53. The Balaban J connectivity index is 1.05. The van der Waals surface area contributed by atoms with E-state index in [0.29, 0.717) is 36.3 Å². The van der Waals surface area contributed by atoms with Crippen LogP contribution in [0.4, 0.5) is 14.6 Å². The topological polar surface area (TPSA) is 93.8 Å². The van der Waals surface area contributed by atoms with Crippen LogP contribution in [0.15, 0.2) is 24.7 Å². The Morgan fingerprint density at radius 1 is 1.29 bits per heavy atom. The number of imidazole rings is 1. The number of pyridine rings is 1. The fraction of sp³-hybridized carbons (Fsp3) is 0.500. The zero-order valence-corrected chi connectivity index (χ0v) is 19.2. The number of hydrogen-bond acceptors (Lipinski definition) is 6. The molecule has 1 saturated heterocycles. The van der Waals surface area contributed by atoms with Gasteiger partial charge in [0.2, 0.25) is 5.91 Å². The fourth-order valence-electron chi connectivity index (χ4n) is 5.15. The van der Waals surface area contributed by atoms with Gasteiger partial charge in [-0.25, -0.2) is 23.4 Å². The highest BCUT2D eigenvalue weighted by Gasteiger charge is 2.71. The molecule has 3 aromatic rings. The summed E-state index contributed by atoms with van der Waals surface area (Å²) in [6.07, 6.45) is 5.33. The first-order valence-corrected chi connectivity index (χ1v) is 11.6. The minimum absolute atomic E-state index is 0.0742. The SMILES string of the molecule is Cn1cnc2c1CC[C@H]2NC(=O)Cc1cn(Cc2ccc(N3CC4C(C3)C4(F)F)nc2Cl)nn1. The summed E-state index contributed by atoms with van der Waals surface area (Å²) < 4.78 is 30.5. The van der Waals surface area contributed by atoms with E-state index in [1.165, 1.54) is 0 Å². The van der Waals surface area contributed by atoms with Crippen LogP contribution in [-0.2, 0) is 31.2 Å². The van der Waals surface area contributed by atoms with Crippen molar-refractivity contribution in [3.63, 3.8) is 0 Å². The van der Waals surface area contributed by atoms with Crippen molar-refractivity contribution in [1.29, 1.82) is 0 Å². The number of piperidine rings is 1.